The standard InChI is InChI=1S/C18H22N2O.C7H10N2.C6H8N2O2/c1-18(2,3)15-7-9-16(10-8-15)20(4)17(13-21)14-6-5-11-19-12-14;1-8-6-7-2-4-9-5-3-7;7-4-8-2-6(10)1-5(8)3-9/h5-13,17H,1-4H3;2-5,8H,6H2,1H3;3,5-6,10H,1-2H2. The number of likely N-dealkylation sites (N-methyl/N-ethyl adjacent to an activating group) is 1. The summed E-state index contributed by atoms with van der Waals surface area (Å²) in [4.78, 5) is 32.9. The zero-order valence-electron chi connectivity index (χ0n) is 23.9. The summed E-state index contributed by atoms with van der Waals surface area (Å²) in [5.74, 6) is 0. The Morgan fingerprint density at radius 2 is 1.80 bits per heavy atom. The molecule has 1 saturated heterocycles. The number of hydrogen-bond donors (Lipinski definition) is 2. The lowest BCUT2D eigenvalue weighted by Gasteiger charge is -2.27. The Balaban J connectivity index is 0.000000243. The molecule has 0 spiro atoms. The molecule has 1 aliphatic rings. The zero-order chi connectivity index (χ0) is 29.5. The largest absolute Gasteiger partial charge is 0.391 e. The van der Waals surface area contributed by atoms with Crippen molar-refractivity contribution in [2.75, 3.05) is 25.5 Å². The van der Waals surface area contributed by atoms with Gasteiger partial charge in [-0.15, -0.1) is 0 Å². The van der Waals surface area contributed by atoms with E-state index in [-0.39, 0.29) is 11.5 Å². The van der Waals surface area contributed by atoms with Gasteiger partial charge in [-0.2, -0.15) is 5.26 Å². The molecule has 0 bridgehead atoms. The summed E-state index contributed by atoms with van der Waals surface area (Å²) in [7, 11) is 3.86. The lowest BCUT2D eigenvalue weighted by molar-refractivity contribution is -0.111. The molecule has 3 atom stereocenters. The van der Waals surface area contributed by atoms with E-state index in [1.165, 1.54) is 16.0 Å². The van der Waals surface area contributed by atoms with Crippen LogP contribution in [0.25, 0.3) is 0 Å². The van der Waals surface area contributed by atoms with Crippen LogP contribution in [0, 0.1) is 11.5 Å². The van der Waals surface area contributed by atoms with Crippen molar-refractivity contribution in [3.8, 4) is 6.19 Å². The Labute approximate surface area is 237 Å². The smallest absolute Gasteiger partial charge is 0.180 e. The van der Waals surface area contributed by atoms with Gasteiger partial charge >= 0.3 is 0 Å². The number of aldehydes is 2. The molecule has 3 heterocycles. The highest BCUT2D eigenvalue weighted by Crippen LogP contribution is 2.28. The highest BCUT2D eigenvalue weighted by molar-refractivity contribution is 5.68. The van der Waals surface area contributed by atoms with Gasteiger partial charge < -0.3 is 24.9 Å². The number of hydrogen-bond acceptors (Lipinski definition) is 9. The van der Waals surface area contributed by atoms with Gasteiger partial charge in [0.1, 0.15) is 18.6 Å². The maximum Gasteiger partial charge on any atom is 0.180 e. The molecule has 3 unspecified atom stereocenters. The number of carbonyl (C=O) groups excluding carboxylic acids is 2. The van der Waals surface area contributed by atoms with Crippen LogP contribution in [0.15, 0.2) is 73.3 Å². The second-order valence-corrected chi connectivity index (χ2v) is 10.5. The van der Waals surface area contributed by atoms with E-state index in [0.717, 1.165) is 24.1 Å². The van der Waals surface area contributed by atoms with Crippen molar-refractivity contribution in [3.63, 3.8) is 0 Å². The number of β-amino-alcohol motifs (C(OH)–C–C–N with tert-alkyl or cyclic N) is 1. The second kappa shape index (κ2) is 16.1. The maximum atomic E-state index is 11.5. The number of aliphatic hydroxyl groups is 1. The minimum absolute atomic E-state index is 0.129. The van der Waals surface area contributed by atoms with E-state index in [1.807, 2.05) is 49.5 Å². The first kappa shape index (κ1) is 32.1. The summed E-state index contributed by atoms with van der Waals surface area (Å²) in [6, 6.07) is 15.4. The summed E-state index contributed by atoms with van der Waals surface area (Å²) < 4.78 is 0. The van der Waals surface area contributed by atoms with Crippen LogP contribution in [0.5, 0.6) is 0 Å². The van der Waals surface area contributed by atoms with Crippen LogP contribution in [0.4, 0.5) is 5.69 Å². The van der Waals surface area contributed by atoms with Gasteiger partial charge in [0.2, 0.25) is 0 Å². The summed E-state index contributed by atoms with van der Waals surface area (Å²) >= 11 is 0. The number of likely N-dealkylation sites (tertiary alicyclic amines) is 1. The number of benzene rings is 1. The highest BCUT2D eigenvalue weighted by atomic mass is 16.3. The van der Waals surface area contributed by atoms with Crippen LogP contribution in [-0.4, -0.2) is 65.3 Å². The van der Waals surface area contributed by atoms with Gasteiger partial charge in [-0.05, 0) is 59.5 Å². The van der Waals surface area contributed by atoms with Crippen molar-refractivity contribution in [2.24, 2.45) is 0 Å². The van der Waals surface area contributed by atoms with Crippen molar-refractivity contribution >= 4 is 18.3 Å². The molecule has 0 saturated carbocycles. The van der Waals surface area contributed by atoms with E-state index < -0.39 is 12.1 Å². The molecule has 4 rings (SSSR count). The number of pyridine rings is 2. The molecular formula is C31H40N6O3. The molecule has 2 N–H and O–H groups in total. The van der Waals surface area contributed by atoms with Crippen LogP contribution in [0.1, 0.15) is 49.9 Å². The van der Waals surface area contributed by atoms with E-state index in [9.17, 15) is 9.59 Å². The number of anilines is 1. The van der Waals surface area contributed by atoms with E-state index in [2.05, 4.69) is 60.3 Å². The quantitative estimate of drug-likeness (QED) is 0.339. The highest BCUT2D eigenvalue weighted by Gasteiger charge is 2.29. The maximum absolute atomic E-state index is 11.5. The number of aromatic nitrogens is 2. The average Bonchev–Trinajstić information content (AvgIpc) is 3.35. The van der Waals surface area contributed by atoms with Gasteiger partial charge in [0.15, 0.2) is 6.19 Å². The zero-order valence-corrected chi connectivity index (χ0v) is 23.9. The van der Waals surface area contributed by atoms with E-state index in [1.54, 1.807) is 24.8 Å². The first-order valence-corrected chi connectivity index (χ1v) is 13.2. The number of nitrogens with zero attached hydrogens (tertiary/aromatic N) is 5. The molecule has 1 aliphatic heterocycles. The van der Waals surface area contributed by atoms with Crippen molar-refractivity contribution in [1.82, 2.24) is 20.2 Å². The fraction of sp³-hybridized carbons (Fsp3) is 0.387. The Bertz CT molecular complexity index is 1190. The minimum Gasteiger partial charge on any atom is -0.391 e. The predicted molar refractivity (Wildman–Crippen MR) is 156 cm³/mol. The molecule has 9 nitrogen and oxygen atoms in total. The van der Waals surface area contributed by atoms with Gasteiger partial charge in [0, 0.05) is 50.5 Å². The molecule has 9 heteroatoms. The topological polar surface area (TPSA) is 122 Å². The Morgan fingerprint density at radius 1 is 1.12 bits per heavy atom. The lowest BCUT2D eigenvalue weighted by atomic mass is 9.87. The number of rotatable bonds is 7. The van der Waals surface area contributed by atoms with Crippen LogP contribution in [0.2, 0.25) is 0 Å². The summed E-state index contributed by atoms with van der Waals surface area (Å²) in [5, 5.41) is 20.4. The molecular weight excluding hydrogens is 504 g/mol. The van der Waals surface area contributed by atoms with Crippen molar-refractivity contribution < 1.29 is 14.7 Å². The Kier molecular flexibility index (Phi) is 12.9. The van der Waals surface area contributed by atoms with Crippen molar-refractivity contribution in [1.29, 1.82) is 5.26 Å². The first-order chi connectivity index (χ1) is 19.1. The Morgan fingerprint density at radius 3 is 2.27 bits per heavy atom. The first-order valence-electron chi connectivity index (χ1n) is 13.2. The van der Waals surface area contributed by atoms with Crippen molar-refractivity contribution in [3.05, 3.63) is 90.0 Å². The van der Waals surface area contributed by atoms with Gasteiger partial charge in [-0.25, -0.2) is 0 Å². The molecule has 0 radical (unpaired) electrons. The molecule has 0 amide bonds. The van der Waals surface area contributed by atoms with E-state index >= 15 is 0 Å². The SMILES string of the molecule is CN(c1ccc(C(C)(C)C)cc1)C(C=O)c1cccnc1.CNCc1ccncc1.N#CN1CC(O)CC1C=O. The van der Waals surface area contributed by atoms with E-state index in [0.29, 0.717) is 19.3 Å². The van der Waals surface area contributed by atoms with E-state index in [4.69, 9.17) is 10.4 Å². The fourth-order valence-corrected chi connectivity index (χ4v) is 4.09. The van der Waals surface area contributed by atoms with Crippen LogP contribution in [-0.2, 0) is 21.5 Å². The number of nitriles is 1. The summed E-state index contributed by atoms with van der Waals surface area (Å²) in [5.41, 5.74) is 4.60. The normalized spacial score (nSPS) is 16.8. The molecule has 1 aromatic carbocycles. The van der Waals surface area contributed by atoms with Gasteiger partial charge in [-0.1, -0.05) is 39.0 Å². The third-order valence-corrected chi connectivity index (χ3v) is 6.45. The molecule has 2 aromatic heterocycles. The lowest BCUT2D eigenvalue weighted by Crippen LogP contribution is -2.25. The van der Waals surface area contributed by atoms with Crippen LogP contribution in [0.3, 0.4) is 0 Å². The molecule has 3 aromatic rings. The summed E-state index contributed by atoms with van der Waals surface area (Å²) in [6.07, 6.45) is 10.4. The molecule has 212 valence electrons. The fourth-order valence-electron chi connectivity index (χ4n) is 4.09. The van der Waals surface area contributed by atoms with Gasteiger partial charge in [-0.3, -0.25) is 14.9 Å². The molecule has 40 heavy (non-hydrogen) atoms. The van der Waals surface area contributed by atoms with Crippen LogP contribution < -0.4 is 10.2 Å². The van der Waals surface area contributed by atoms with Crippen LogP contribution >= 0.6 is 0 Å². The van der Waals surface area contributed by atoms with Gasteiger partial charge in [0.05, 0.1) is 18.7 Å². The predicted octanol–water partition coefficient (Wildman–Crippen LogP) is 3.66. The van der Waals surface area contributed by atoms with Crippen molar-refractivity contribution in [2.45, 2.75) is 57.3 Å². The number of aliphatic hydroxyl groups excluding tert-OH is 1. The summed E-state index contributed by atoms with van der Waals surface area (Å²) in [6.45, 7) is 7.78. The van der Waals surface area contributed by atoms with Gasteiger partial charge in [0.25, 0.3) is 0 Å². The number of nitrogens with one attached hydrogen (secondary N) is 1. The molecule has 1 fully saturated rings. The number of carbonyl (C=O) groups is 2. The second-order valence-electron chi connectivity index (χ2n) is 10.5. The Hall–Kier alpha value is -4.13. The molecule has 0 aliphatic carbocycles. The monoisotopic (exact) mass is 544 g/mol. The minimum atomic E-state index is -0.519. The third kappa shape index (κ3) is 9.88. The third-order valence-electron chi connectivity index (χ3n) is 6.45. The average molecular weight is 545 g/mol.